The molecule has 0 atom stereocenters. The van der Waals surface area contributed by atoms with Gasteiger partial charge in [-0.25, -0.2) is 8.78 Å². The summed E-state index contributed by atoms with van der Waals surface area (Å²) in [6.07, 6.45) is 5.39. The minimum atomic E-state index is -0.967. The third-order valence-electron chi connectivity index (χ3n) is 4.76. The van der Waals surface area contributed by atoms with Crippen LogP contribution >= 0.6 is 0 Å². The van der Waals surface area contributed by atoms with Gasteiger partial charge in [0.2, 0.25) is 0 Å². The van der Waals surface area contributed by atoms with Crippen LogP contribution in [0.5, 0.6) is 0 Å². The van der Waals surface area contributed by atoms with Crippen molar-refractivity contribution < 1.29 is 18.4 Å². The Kier molecular flexibility index (Phi) is 5.95. The van der Waals surface area contributed by atoms with Crippen LogP contribution in [-0.4, -0.2) is 36.2 Å². The fourth-order valence-corrected chi connectivity index (χ4v) is 3.29. The molecule has 4 N–H and O–H groups in total. The largest absolute Gasteiger partial charge is 0.348 e. The molecule has 0 unspecified atom stereocenters. The number of nitrogens with one attached hydrogen (secondary N) is 2. The number of nitrogens with zero attached hydrogens (tertiary/aromatic N) is 1. The molecule has 3 rings (SSSR count). The van der Waals surface area contributed by atoms with Crippen LogP contribution < -0.4 is 16.4 Å². The molecule has 1 fully saturated rings. The van der Waals surface area contributed by atoms with Crippen molar-refractivity contribution in [1.29, 1.82) is 0 Å². The molecule has 1 heterocycles. The maximum atomic E-state index is 13.8. The molecular weight excluding hydrogens is 354 g/mol. The monoisotopic (exact) mass is 376 g/mol. The topological polar surface area (TPSA) is 96.6 Å². The third kappa shape index (κ3) is 4.57. The lowest BCUT2D eigenvalue weighted by Crippen LogP contribution is -2.45. The average molecular weight is 376 g/mol. The number of benzene rings is 1. The number of carbonyl (C=O) groups excluding carboxylic acids is 2. The Balaban J connectivity index is 1.69. The first-order chi connectivity index (χ1) is 13.0. The summed E-state index contributed by atoms with van der Waals surface area (Å²) < 4.78 is 27.6. The highest BCUT2D eigenvalue weighted by atomic mass is 19.1. The third-order valence-corrected chi connectivity index (χ3v) is 4.76. The van der Waals surface area contributed by atoms with Crippen LogP contribution in [0.15, 0.2) is 35.0 Å². The van der Waals surface area contributed by atoms with Crippen molar-refractivity contribution in [3.05, 3.63) is 47.2 Å². The summed E-state index contributed by atoms with van der Waals surface area (Å²) in [7, 11) is 0. The summed E-state index contributed by atoms with van der Waals surface area (Å²) >= 11 is 0. The SMILES string of the molecule is NC1CCC(NC(=O)C2=NCCC=C2NC(=O)c2c(F)cccc2F)CC1. The second-order valence-corrected chi connectivity index (χ2v) is 6.77. The molecule has 8 heteroatoms. The van der Waals surface area contributed by atoms with Crippen LogP contribution in [0.4, 0.5) is 8.78 Å². The van der Waals surface area contributed by atoms with E-state index in [0.29, 0.717) is 13.0 Å². The molecule has 1 aliphatic heterocycles. The maximum Gasteiger partial charge on any atom is 0.271 e. The van der Waals surface area contributed by atoms with Gasteiger partial charge in [0.25, 0.3) is 11.8 Å². The summed E-state index contributed by atoms with van der Waals surface area (Å²) in [5, 5.41) is 5.33. The molecule has 0 saturated heterocycles. The van der Waals surface area contributed by atoms with Gasteiger partial charge >= 0.3 is 0 Å². The first-order valence-electron chi connectivity index (χ1n) is 9.02. The van der Waals surface area contributed by atoms with E-state index in [9.17, 15) is 18.4 Å². The van der Waals surface area contributed by atoms with Gasteiger partial charge in [-0.05, 0) is 44.2 Å². The van der Waals surface area contributed by atoms with Crippen molar-refractivity contribution >= 4 is 17.5 Å². The highest BCUT2D eigenvalue weighted by Crippen LogP contribution is 2.18. The number of carbonyl (C=O) groups is 2. The van der Waals surface area contributed by atoms with Gasteiger partial charge < -0.3 is 16.4 Å². The smallest absolute Gasteiger partial charge is 0.271 e. The second kappa shape index (κ2) is 8.39. The standard InChI is InChI=1S/C19H22F2N4O2/c20-13-3-1-4-14(21)16(13)18(26)25-15-5-2-10-23-17(15)19(27)24-12-8-6-11(22)7-9-12/h1,3-5,11-12H,2,6-10,22H2,(H,24,27)(H,25,26). The zero-order chi connectivity index (χ0) is 19.4. The number of hydrogen-bond donors (Lipinski definition) is 3. The first kappa shape index (κ1) is 19.2. The number of amides is 2. The fourth-order valence-electron chi connectivity index (χ4n) is 3.29. The minimum absolute atomic E-state index is 0.00268. The molecule has 1 aromatic rings. The molecule has 2 amide bonds. The Bertz CT molecular complexity index is 779. The molecule has 0 spiro atoms. The highest BCUT2D eigenvalue weighted by molar-refractivity contribution is 6.45. The van der Waals surface area contributed by atoms with E-state index >= 15 is 0 Å². The van der Waals surface area contributed by atoms with Crippen LogP contribution in [0.1, 0.15) is 42.5 Å². The lowest BCUT2D eigenvalue weighted by molar-refractivity contribution is -0.115. The predicted octanol–water partition coefficient (Wildman–Crippen LogP) is 1.81. The van der Waals surface area contributed by atoms with Crippen LogP contribution in [0.25, 0.3) is 0 Å². The summed E-state index contributed by atoms with van der Waals surface area (Å²) in [6.45, 7) is 0.408. The first-order valence-corrected chi connectivity index (χ1v) is 9.02. The van der Waals surface area contributed by atoms with Crippen molar-refractivity contribution in [1.82, 2.24) is 10.6 Å². The maximum absolute atomic E-state index is 13.8. The summed E-state index contributed by atoms with van der Waals surface area (Å²) in [5.74, 6) is -3.30. The molecular formula is C19H22F2N4O2. The molecule has 27 heavy (non-hydrogen) atoms. The molecule has 2 aliphatic rings. The van der Waals surface area contributed by atoms with E-state index in [1.165, 1.54) is 6.07 Å². The molecule has 1 aromatic carbocycles. The van der Waals surface area contributed by atoms with E-state index in [0.717, 1.165) is 37.8 Å². The van der Waals surface area contributed by atoms with Gasteiger partial charge in [0, 0.05) is 18.6 Å². The number of nitrogens with two attached hydrogens (primary N) is 1. The predicted molar refractivity (Wildman–Crippen MR) is 97.2 cm³/mol. The summed E-state index contributed by atoms with van der Waals surface area (Å²) in [5.41, 5.74) is 5.42. The van der Waals surface area contributed by atoms with Crippen molar-refractivity contribution in [3.8, 4) is 0 Å². The number of hydrogen-bond acceptors (Lipinski definition) is 4. The zero-order valence-electron chi connectivity index (χ0n) is 14.8. The van der Waals surface area contributed by atoms with Gasteiger partial charge in [0.1, 0.15) is 22.9 Å². The Morgan fingerprint density at radius 2 is 1.74 bits per heavy atom. The van der Waals surface area contributed by atoms with Gasteiger partial charge in [-0.1, -0.05) is 12.1 Å². The van der Waals surface area contributed by atoms with E-state index in [1.54, 1.807) is 6.08 Å². The van der Waals surface area contributed by atoms with E-state index in [1.807, 2.05) is 0 Å². The molecule has 0 aromatic heterocycles. The molecule has 1 saturated carbocycles. The van der Waals surface area contributed by atoms with Crippen molar-refractivity contribution in [2.24, 2.45) is 10.7 Å². The van der Waals surface area contributed by atoms with Crippen LogP contribution in [0, 0.1) is 11.6 Å². The Hall–Kier alpha value is -2.61. The van der Waals surface area contributed by atoms with Gasteiger partial charge in [-0.2, -0.15) is 0 Å². The van der Waals surface area contributed by atoms with Gasteiger partial charge in [0.15, 0.2) is 0 Å². The number of aliphatic imine (C=N–C) groups is 1. The van der Waals surface area contributed by atoms with Crippen molar-refractivity contribution in [3.63, 3.8) is 0 Å². The zero-order valence-corrected chi connectivity index (χ0v) is 14.8. The van der Waals surface area contributed by atoms with E-state index in [4.69, 9.17) is 5.73 Å². The molecule has 0 radical (unpaired) electrons. The molecule has 1 aliphatic carbocycles. The van der Waals surface area contributed by atoms with Gasteiger partial charge in [0.05, 0.1) is 5.70 Å². The van der Waals surface area contributed by atoms with E-state index in [2.05, 4.69) is 15.6 Å². The van der Waals surface area contributed by atoms with Gasteiger partial charge in [-0.15, -0.1) is 0 Å². The van der Waals surface area contributed by atoms with Crippen molar-refractivity contribution in [2.45, 2.75) is 44.2 Å². The molecule has 0 bridgehead atoms. The van der Waals surface area contributed by atoms with E-state index < -0.39 is 29.0 Å². The van der Waals surface area contributed by atoms with Crippen LogP contribution in [-0.2, 0) is 4.79 Å². The number of rotatable bonds is 4. The number of halogens is 2. The lowest BCUT2D eigenvalue weighted by Gasteiger charge is -2.27. The number of dihydropyridines is 1. The van der Waals surface area contributed by atoms with Crippen LogP contribution in [0.3, 0.4) is 0 Å². The van der Waals surface area contributed by atoms with Crippen LogP contribution in [0.2, 0.25) is 0 Å². The summed E-state index contributed by atoms with van der Waals surface area (Å²) in [4.78, 5) is 29.1. The quantitative estimate of drug-likeness (QED) is 0.748. The normalized spacial score (nSPS) is 22.5. The lowest BCUT2D eigenvalue weighted by atomic mass is 9.91. The molecule has 6 nitrogen and oxygen atoms in total. The Morgan fingerprint density at radius 1 is 1.07 bits per heavy atom. The highest BCUT2D eigenvalue weighted by Gasteiger charge is 2.26. The summed E-state index contributed by atoms with van der Waals surface area (Å²) in [6, 6.07) is 3.35. The van der Waals surface area contributed by atoms with Crippen molar-refractivity contribution in [2.75, 3.05) is 6.54 Å². The van der Waals surface area contributed by atoms with E-state index in [-0.39, 0.29) is 23.5 Å². The molecule has 144 valence electrons. The fraction of sp³-hybridized carbons (Fsp3) is 0.421. The Labute approximate surface area is 155 Å². The Morgan fingerprint density at radius 3 is 2.41 bits per heavy atom. The average Bonchev–Trinajstić information content (AvgIpc) is 2.64. The second-order valence-electron chi connectivity index (χ2n) is 6.77. The van der Waals surface area contributed by atoms with Gasteiger partial charge in [-0.3, -0.25) is 14.6 Å². The minimum Gasteiger partial charge on any atom is -0.348 e.